The summed E-state index contributed by atoms with van der Waals surface area (Å²) in [7, 11) is 0. The second-order valence-electron chi connectivity index (χ2n) is 11.7. The molecule has 3 saturated carbocycles. The maximum absolute atomic E-state index is 10.4. The SMILES string of the molecule is Cc1c[c-](C)c2c1CCCC2.O=C(O)C1CCCCC1.O=C(O)C1CCCCC1.O=C(O)C1CCCCC1.[Ti]. The van der Waals surface area contributed by atoms with E-state index in [-0.39, 0.29) is 39.5 Å². The van der Waals surface area contributed by atoms with E-state index in [0.29, 0.717) is 0 Å². The van der Waals surface area contributed by atoms with Crippen LogP contribution in [0.4, 0.5) is 0 Å². The van der Waals surface area contributed by atoms with Crippen LogP contribution in [-0.2, 0) is 48.9 Å². The molecule has 3 N–H and O–H groups in total. The van der Waals surface area contributed by atoms with Gasteiger partial charge in [-0.2, -0.15) is 28.3 Å². The molecule has 0 saturated heterocycles. The number of aliphatic carboxylic acids is 3. The van der Waals surface area contributed by atoms with Crippen molar-refractivity contribution in [2.45, 2.75) is 136 Å². The van der Waals surface area contributed by atoms with Gasteiger partial charge in [-0.15, -0.1) is 0 Å². The first-order valence-electron chi connectivity index (χ1n) is 15.1. The first-order chi connectivity index (χ1) is 18.2. The smallest absolute Gasteiger partial charge is 0.306 e. The van der Waals surface area contributed by atoms with Crippen LogP contribution >= 0.6 is 0 Å². The predicted molar refractivity (Wildman–Crippen MR) is 151 cm³/mol. The number of hydrogen-bond donors (Lipinski definition) is 3. The summed E-state index contributed by atoms with van der Waals surface area (Å²) in [5.74, 6) is -1.89. The van der Waals surface area contributed by atoms with E-state index < -0.39 is 17.9 Å². The molecule has 0 aliphatic heterocycles. The normalized spacial score (nSPS) is 19.7. The van der Waals surface area contributed by atoms with E-state index >= 15 is 0 Å². The number of carboxylic acid groups (broad SMARTS) is 3. The van der Waals surface area contributed by atoms with Crippen LogP contribution < -0.4 is 0 Å². The number of aryl methyl sites for hydroxylation is 2. The molecular weight excluding hydrogens is 528 g/mol. The van der Waals surface area contributed by atoms with Crippen molar-refractivity contribution in [3.63, 3.8) is 0 Å². The van der Waals surface area contributed by atoms with Gasteiger partial charge in [0.25, 0.3) is 0 Å². The molecule has 4 aliphatic rings. The van der Waals surface area contributed by atoms with Gasteiger partial charge in [-0.1, -0.05) is 97.3 Å². The minimum Gasteiger partial charge on any atom is -0.481 e. The third-order valence-corrected chi connectivity index (χ3v) is 8.72. The zero-order valence-electron chi connectivity index (χ0n) is 24.3. The Morgan fingerprint density at radius 1 is 0.615 bits per heavy atom. The van der Waals surface area contributed by atoms with Crippen LogP contribution in [0, 0.1) is 31.6 Å². The van der Waals surface area contributed by atoms with Crippen LogP contribution in [0.25, 0.3) is 0 Å². The van der Waals surface area contributed by atoms with Crippen molar-refractivity contribution in [2.75, 3.05) is 0 Å². The van der Waals surface area contributed by atoms with Crippen molar-refractivity contribution in [3.05, 3.63) is 28.3 Å². The van der Waals surface area contributed by atoms with E-state index in [1.165, 1.54) is 56.1 Å². The molecule has 0 spiro atoms. The molecule has 1 aromatic carbocycles. The van der Waals surface area contributed by atoms with Crippen LogP contribution in [0.5, 0.6) is 0 Å². The van der Waals surface area contributed by atoms with Gasteiger partial charge < -0.3 is 15.3 Å². The molecule has 0 amide bonds. The van der Waals surface area contributed by atoms with Crippen molar-refractivity contribution < 1.29 is 51.4 Å². The van der Waals surface area contributed by atoms with Crippen molar-refractivity contribution in [1.82, 2.24) is 0 Å². The topological polar surface area (TPSA) is 112 Å². The Morgan fingerprint density at radius 3 is 1.23 bits per heavy atom. The van der Waals surface area contributed by atoms with E-state index in [4.69, 9.17) is 15.3 Å². The number of carbonyl (C=O) groups is 3. The van der Waals surface area contributed by atoms with E-state index in [1.54, 1.807) is 11.1 Å². The molecule has 0 heterocycles. The summed E-state index contributed by atoms with van der Waals surface area (Å²) in [5.41, 5.74) is 6.37. The van der Waals surface area contributed by atoms with Crippen LogP contribution in [-0.4, -0.2) is 33.2 Å². The fraction of sp³-hybridized carbons (Fsp3) is 0.750. The summed E-state index contributed by atoms with van der Waals surface area (Å²) >= 11 is 0. The molecule has 4 aliphatic carbocycles. The molecular formula is C32H51O6Ti-. The van der Waals surface area contributed by atoms with Gasteiger partial charge in [-0.25, -0.2) is 0 Å². The van der Waals surface area contributed by atoms with Gasteiger partial charge in [-0.3, -0.25) is 14.4 Å². The molecule has 7 heteroatoms. The van der Waals surface area contributed by atoms with Gasteiger partial charge in [0.15, 0.2) is 0 Å². The second kappa shape index (κ2) is 19.5. The Balaban J connectivity index is 0.000000259. The molecule has 0 aromatic heterocycles. The zero-order chi connectivity index (χ0) is 27.9. The first-order valence-corrected chi connectivity index (χ1v) is 15.1. The average Bonchev–Trinajstić information content (AvgIpc) is 3.24. The fourth-order valence-corrected chi connectivity index (χ4v) is 6.32. The molecule has 220 valence electrons. The van der Waals surface area contributed by atoms with Crippen LogP contribution in [0.3, 0.4) is 0 Å². The monoisotopic (exact) mass is 579 g/mol. The summed E-state index contributed by atoms with van der Waals surface area (Å²) in [6.45, 7) is 4.49. The number of fused-ring (bicyclic) bond motifs is 1. The Bertz CT molecular complexity index is 765. The fourth-order valence-electron chi connectivity index (χ4n) is 6.32. The molecule has 39 heavy (non-hydrogen) atoms. The summed E-state index contributed by atoms with van der Waals surface area (Å²) in [6.07, 6.45) is 21.2. The van der Waals surface area contributed by atoms with Gasteiger partial charge in [0.1, 0.15) is 0 Å². The molecule has 3 fully saturated rings. The molecule has 5 rings (SSSR count). The van der Waals surface area contributed by atoms with Crippen molar-refractivity contribution in [3.8, 4) is 0 Å². The number of hydrogen-bond acceptors (Lipinski definition) is 3. The van der Waals surface area contributed by atoms with E-state index in [2.05, 4.69) is 19.9 Å². The Morgan fingerprint density at radius 2 is 0.949 bits per heavy atom. The van der Waals surface area contributed by atoms with Crippen molar-refractivity contribution in [1.29, 1.82) is 0 Å². The summed E-state index contributed by atoms with van der Waals surface area (Å²) in [5, 5.41) is 25.6. The van der Waals surface area contributed by atoms with E-state index in [1.807, 2.05) is 0 Å². The Hall–Kier alpha value is -1.53. The molecule has 0 unspecified atom stereocenters. The summed E-state index contributed by atoms with van der Waals surface area (Å²) in [6, 6.07) is 2.34. The molecule has 0 radical (unpaired) electrons. The Kier molecular flexibility index (Phi) is 17.8. The van der Waals surface area contributed by atoms with E-state index in [9.17, 15) is 14.4 Å². The standard InChI is InChI=1S/C11H15.3C7H12O2.Ti/c1-8-7-9(2)11-6-4-3-5-10(8)11;3*8-7(9)6-4-2-1-3-5-6;/h7H,3-6H2,1-2H3;3*6H,1-5H2,(H,8,9);/q-1;;;;. The minimum atomic E-state index is -0.602. The maximum atomic E-state index is 10.4. The number of rotatable bonds is 3. The maximum Gasteiger partial charge on any atom is 0.306 e. The largest absolute Gasteiger partial charge is 0.481 e. The van der Waals surface area contributed by atoms with Gasteiger partial charge in [0, 0.05) is 21.7 Å². The van der Waals surface area contributed by atoms with Gasteiger partial charge >= 0.3 is 17.9 Å². The number of carboxylic acids is 3. The van der Waals surface area contributed by atoms with E-state index in [0.717, 1.165) is 77.0 Å². The van der Waals surface area contributed by atoms with Gasteiger partial charge in [0.2, 0.25) is 0 Å². The predicted octanol–water partition coefficient (Wildman–Crippen LogP) is 7.85. The average molecular weight is 580 g/mol. The molecule has 1 aromatic rings. The van der Waals surface area contributed by atoms with Gasteiger partial charge in [0.05, 0.1) is 17.8 Å². The van der Waals surface area contributed by atoms with Crippen LogP contribution in [0.15, 0.2) is 6.07 Å². The summed E-state index contributed by atoms with van der Waals surface area (Å²) in [4.78, 5) is 31.1. The second-order valence-corrected chi connectivity index (χ2v) is 11.7. The Labute approximate surface area is 250 Å². The third-order valence-electron chi connectivity index (χ3n) is 8.72. The minimum absolute atomic E-state index is 0. The molecule has 0 bridgehead atoms. The zero-order valence-corrected chi connectivity index (χ0v) is 25.9. The van der Waals surface area contributed by atoms with Crippen LogP contribution in [0.1, 0.15) is 131 Å². The van der Waals surface area contributed by atoms with Crippen molar-refractivity contribution in [2.24, 2.45) is 17.8 Å². The quantitative estimate of drug-likeness (QED) is 0.248. The molecule has 6 nitrogen and oxygen atoms in total. The summed E-state index contributed by atoms with van der Waals surface area (Å²) < 4.78 is 0. The van der Waals surface area contributed by atoms with Gasteiger partial charge in [-0.05, 0) is 38.5 Å². The third kappa shape index (κ3) is 13.1. The van der Waals surface area contributed by atoms with Crippen LogP contribution in [0.2, 0.25) is 0 Å². The first kappa shape index (κ1) is 35.5. The molecule has 0 atom stereocenters. The van der Waals surface area contributed by atoms with Crippen molar-refractivity contribution >= 4 is 17.9 Å².